The van der Waals surface area contributed by atoms with Gasteiger partial charge in [-0.25, -0.2) is 12.8 Å². The number of hydrogen-bond acceptors (Lipinski definition) is 8. The number of amides is 2. The van der Waals surface area contributed by atoms with E-state index in [1.54, 1.807) is 12.1 Å². The number of methoxy groups -OCH3 is 1. The molecule has 0 spiro atoms. The first-order valence-electron chi connectivity index (χ1n) is 13.1. The number of ether oxygens (including phenoxy) is 1. The van der Waals surface area contributed by atoms with Gasteiger partial charge in [0, 0.05) is 24.0 Å². The van der Waals surface area contributed by atoms with E-state index in [0.717, 1.165) is 6.07 Å². The van der Waals surface area contributed by atoms with Crippen LogP contribution in [0.1, 0.15) is 54.0 Å². The fraction of sp³-hybridized carbons (Fsp3) is 0.310. The quantitative estimate of drug-likeness (QED) is 0.317. The lowest BCUT2D eigenvalue weighted by molar-refractivity contribution is -0.143. The molecule has 4 N–H and O–H groups in total. The van der Waals surface area contributed by atoms with Crippen LogP contribution in [0.25, 0.3) is 0 Å². The number of carbonyl (C=O) groups excluding carboxylic acids is 2. The highest BCUT2D eigenvalue weighted by Crippen LogP contribution is 2.42. The molecule has 1 saturated heterocycles. The van der Waals surface area contributed by atoms with Crippen molar-refractivity contribution < 1.29 is 37.0 Å². The number of primary amides is 1. The molecule has 1 unspecified atom stereocenters. The van der Waals surface area contributed by atoms with Gasteiger partial charge in [-0.1, -0.05) is 12.1 Å². The first kappa shape index (κ1) is 30.4. The molecule has 2 aromatic carbocycles. The Morgan fingerprint density at radius 1 is 1.14 bits per heavy atom. The molecule has 2 heterocycles. The number of hydrogen-bond donors (Lipinski definition) is 3. The molecule has 1 aliphatic rings. The third kappa shape index (κ3) is 5.91. The summed E-state index contributed by atoms with van der Waals surface area (Å²) in [6.07, 6.45) is 1.39. The Morgan fingerprint density at radius 3 is 2.52 bits per heavy atom. The van der Waals surface area contributed by atoms with Crippen LogP contribution in [0.4, 0.5) is 10.1 Å². The van der Waals surface area contributed by atoms with Crippen molar-refractivity contribution in [2.24, 2.45) is 11.7 Å². The lowest BCUT2D eigenvalue weighted by atomic mass is 9.96. The predicted molar refractivity (Wildman–Crippen MR) is 151 cm³/mol. The molecule has 3 aromatic rings. The summed E-state index contributed by atoms with van der Waals surface area (Å²) >= 11 is 0. The van der Waals surface area contributed by atoms with Crippen molar-refractivity contribution in [3.05, 3.63) is 83.4 Å². The standard InChI is InChI=1S/C29H31FN4O7S/c1-16(2)42(39,40)23-8-5-12-32-25(23)26-20(29(37)38)11-13-34(26)28(36)24(17-9-10-21(30)22(15-17)41-3)33-19-7-4-6-18(14-19)27(31)35/h4-10,12,14-16,20,24,26,33H,11,13H2,1-3H3,(H2,31,35)(H,37,38)/t20-,24?,26-/m1/s1. The topological polar surface area (TPSA) is 169 Å². The molecule has 2 amide bonds. The lowest BCUT2D eigenvalue weighted by Crippen LogP contribution is -2.40. The highest BCUT2D eigenvalue weighted by molar-refractivity contribution is 7.92. The van der Waals surface area contributed by atoms with E-state index in [-0.39, 0.29) is 40.4 Å². The second-order valence-corrected chi connectivity index (χ2v) is 12.6. The number of likely N-dealkylation sites (tertiary alicyclic amines) is 1. The summed E-state index contributed by atoms with van der Waals surface area (Å²) in [6, 6.07) is 10.3. The molecule has 1 aromatic heterocycles. The average Bonchev–Trinajstić information content (AvgIpc) is 3.41. The van der Waals surface area contributed by atoms with Gasteiger partial charge in [-0.05, 0) is 68.3 Å². The molecular weight excluding hydrogens is 567 g/mol. The monoisotopic (exact) mass is 598 g/mol. The van der Waals surface area contributed by atoms with Gasteiger partial charge in [-0.3, -0.25) is 19.4 Å². The molecule has 0 aliphatic carbocycles. The molecular formula is C29H31FN4O7S. The fourth-order valence-corrected chi connectivity index (χ4v) is 6.24. The molecule has 42 heavy (non-hydrogen) atoms. The first-order valence-corrected chi connectivity index (χ1v) is 14.6. The number of pyridine rings is 1. The molecule has 11 nitrogen and oxygen atoms in total. The van der Waals surface area contributed by atoms with Crippen LogP contribution in [0.2, 0.25) is 0 Å². The van der Waals surface area contributed by atoms with Crippen molar-refractivity contribution in [1.29, 1.82) is 0 Å². The number of carbonyl (C=O) groups is 3. The van der Waals surface area contributed by atoms with Crippen LogP contribution >= 0.6 is 0 Å². The van der Waals surface area contributed by atoms with E-state index in [4.69, 9.17) is 10.5 Å². The Morgan fingerprint density at radius 2 is 1.88 bits per heavy atom. The minimum Gasteiger partial charge on any atom is -0.494 e. The first-order chi connectivity index (χ1) is 19.9. The number of aliphatic carboxylic acids is 1. The second-order valence-electron chi connectivity index (χ2n) is 10.1. The van der Waals surface area contributed by atoms with Gasteiger partial charge >= 0.3 is 5.97 Å². The number of anilines is 1. The number of aromatic nitrogens is 1. The predicted octanol–water partition coefficient (Wildman–Crippen LogP) is 3.34. The number of sulfone groups is 1. The van der Waals surface area contributed by atoms with Crippen LogP contribution in [-0.2, 0) is 19.4 Å². The van der Waals surface area contributed by atoms with E-state index < -0.39 is 56.7 Å². The molecule has 0 radical (unpaired) electrons. The van der Waals surface area contributed by atoms with E-state index >= 15 is 0 Å². The average molecular weight is 599 g/mol. The van der Waals surface area contributed by atoms with Gasteiger partial charge in [0.1, 0.15) is 6.04 Å². The highest BCUT2D eigenvalue weighted by Gasteiger charge is 2.47. The zero-order chi connectivity index (χ0) is 30.8. The number of carboxylic acids is 1. The van der Waals surface area contributed by atoms with Crippen LogP contribution in [0.3, 0.4) is 0 Å². The van der Waals surface area contributed by atoms with Crippen LogP contribution < -0.4 is 15.8 Å². The molecule has 1 fully saturated rings. The summed E-state index contributed by atoms with van der Waals surface area (Å²) < 4.78 is 46.0. The number of carboxylic acid groups (broad SMARTS) is 1. The van der Waals surface area contributed by atoms with Gasteiger partial charge in [0.25, 0.3) is 0 Å². The minimum atomic E-state index is -3.90. The van der Waals surface area contributed by atoms with E-state index in [2.05, 4.69) is 10.3 Å². The largest absolute Gasteiger partial charge is 0.494 e. The number of rotatable bonds is 10. The van der Waals surface area contributed by atoms with Crippen LogP contribution in [0, 0.1) is 11.7 Å². The molecule has 13 heteroatoms. The van der Waals surface area contributed by atoms with Gasteiger partial charge in [-0.15, -0.1) is 0 Å². The summed E-state index contributed by atoms with van der Waals surface area (Å²) in [4.78, 5) is 43.9. The van der Waals surface area contributed by atoms with E-state index in [9.17, 15) is 32.3 Å². The molecule has 0 saturated carbocycles. The van der Waals surface area contributed by atoms with Crippen molar-refractivity contribution in [2.45, 2.75) is 42.5 Å². The Balaban J connectivity index is 1.85. The summed E-state index contributed by atoms with van der Waals surface area (Å²) in [5.41, 5.74) is 6.16. The summed E-state index contributed by atoms with van der Waals surface area (Å²) in [7, 11) is -2.63. The van der Waals surface area contributed by atoms with Crippen LogP contribution in [0.15, 0.2) is 65.7 Å². The molecule has 3 atom stereocenters. The van der Waals surface area contributed by atoms with E-state index in [1.807, 2.05) is 0 Å². The maximum absolute atomic E-state index is 14.4. The van der Waals surface area contributed by atoms with Crippen LogP contribution in [0.5, 0.6) is 5.75 Å². The van der Waals surface area contributed by atoms with Gasteiger partial charge in [-0.2, -0.15) is 0 Å². The van der Waals surface area contributed by atoms with Gasteiger partial charge in [0.05, 0.1) is 34.9 Å². The fourth-order valence-electron chi connectivity index (χ4n) is 4.99. The Hall–Kier alpha value is -4.52. The van der Waals surface area contributed by atoms with E-state index in [0.29, 0.717) is 5.69 Å². The SMILES string of the molecule is COc1cc(C(Nc2cccc(C(N)=O)c2)C(=O)N2CC[C@@H](C(=O)O)[C@@H]2c2ncccc2S(=O)(=O)C(C)C)ccc1F. The van der Waals surface area contributed by atoms with Crippen molar-refractivity contribution >= 4 is 33.3 Å². The number of nitrogens with two attached hydrogens (primary N) is 1. The van der Waals surface area contributed by atoms with Crippen molar-refractivity contribution in [3.63, 3.8) is 0 Å². The molecule has 1 aliphatic heterocycles. The normalized spacial score (nSPS) is 17.6. The van der Waals surface area contributed by atoms with Crippen LogP contribution in [-0.4, -0.2) is 60.1 Å². The van der Waals surface area contributed by atoms with Gasteiger partial charge < -0.3 is 25.8 Å². The Labute approximate surface area is 242 Å². The summed E-state index contributed by atoms with van der Waals surface area (Å²) in [6.45, 7) is 2.98. The zero-order valence-corrected chi connectivity index (χ0v) is 24.0. The molecule has 4 rings (SSSR count). The van der Waals surface area contributed by atoms with Gasteiger partial charge in [0.2, 0.25) is 11.8 Å². The Kier molecular flexibility index (Phi) is 8.81. The molecule has 0 bridgehead atoms. The van der Waals surface area contributed by atoms with E-state index in [1.165, 1.54) is 68.5 Å². The van der Waals surface area contributed by atoms with Crippen molar-refractivity contribution in [2.75, 3.05) is 19.0 Å². The number of halogens is 1. The number of nitrogens with zero attached hydrogens (tertiary/aromatic N) is 2. The highest BCUT2D eigenvalue weighted by atomic mass is 32.2. The minimum absolute atomic E-state index is 0.0178. The lowest BCUT2D eigenvalue weighted by Gasteiger charge is -2.32. The summed E-state index contributed by atoms with van der Waals surface area (Å²) in [5.74, 6) is -4.47. The third-order valence-electron chi connectivity index (χ3n) is 7.22. The second kappa shape index (κ2) is 12.1. The third-order valence-corrected chi connectivity index (χ3v) is 9.42. The number of benzene rings is 2. The maximum atomic E-state index is 14.4. The smallest absolute Gasteiger partial charge is 0.309 e. The zero-order valence-electron chi connectivity index (χ0n) is 23.2. The Bertz CT molecular complexity index is 1630. The van der Waals surface area contributed by atoms with Crippen molar-refractivity contribution in [1.82, 2.24) is 9.88 Å². The molecule has 222 valence electrons. The maximum Gasteiger partial charge on any atom is 0.309 e. The van der Waals surface area contributed by atoms with Crippen molar-refractivity contribution in [3.8, 4) is 5.75 Å². The number of nitrogens with one attached hydrogen (secondary N) is 1. The van der Waals surface area contributed by atoms with Gasteiger partial charge in [0.15, 0.2) is 21.4 Å². The summed E-state index contributed by atoms with van der Waals surface area (Å²) in [5, 5.41) is 12.3.